The molecule has 3 rings (SSSR count). The van der Waals surface area contributed by atoms with E-state index in [2.05, 4.69) is 10.3 Å². The zero-order chi connectivity index (χ0) is 14.7. The monoisotopic (exact) mass is 283 g/mol. The summed E-state index contributed by atoms with van der Waals surface area (Å²) >= 11 is 0. The van der Waals surface area contributed by atoms with Gasteiger partial charge in [-0.2, -0.15) is 0 Å². The van der Waals surface area contributed by atoms with Gasteiger partial charge in [0.25, 0.3) is 0 Å². The van der Waals surface area contributed by atoms with E-state index in [-0.39, 0.29) is 6.54 Å². The van der Waals surface area contributed by atoms with Crippen LogP contribution in [0.2, 0.25) is 0 Å². The van der Waals surface area contributed by atoms with Crippen molar-refractivity contribution in [3.8, 4) is 11.5 Å². The minimum atomic E-state index is -0.407. The van der Waals surface area contributed by atoms with Crippen molar-refractivity contribution in [1.82, 2.24) is 15.0 Å². The Hall–Kier alpha value is -2.89. The zero-order valence-electron chi connectivity index (χ0n) is 11.4. The smallest absolute Gasteiger partial charge is 0.333 e. The molecule has 21 heavy (non-hydrogen) atoms. The van der Waals surface area contributed by atoms with Crippen molar-refractivity contribution in [2.24, 2.45) is 0 Å². The highest BCUT2D eigenvalue weighted by Gasteiger charge is 2.10. The van der Waals surface area contributed by atoms with E-state index in [0.29, 0.717) is 11.5 Å². The van der Waals surface area contributed by atoms with Crippen molar-refractivity contribution < 1.29 is 14.3 Å². The van der Waals surface area contributed by atoms with Crippen molar-refractivity contribution in [2.75, 3.05) is 7.11 Å². The Balaban J connectivity index is 1.71. The van der Waals surface area contributed by atoms with Crippen molar-refractivity contribution in [1.29, 1.82) is 0 Å². The molecular formula is C15H13N3O3. The van der Waals surface area contributed by atoms with Crippen LogP contribution in [0.25, 0.3) is 11.0 Å². The molecule has 2 aromatic carbocycles. The van der Waals surface area contributed by atoms with Gasteiger partial charge in [-0.3, -0.25) is 0 Å². The van der Waals surface area contributed by atoms with Gasteiger partial charge in [-0.1, -0.05) is 17.3 Å². The summed E-state index contributed by atoms with van der Waals surface area (Å²) in [7, 11) is 1.58. The Kier molecular flexibility index (Phi) is 3.51. The molecule has 6 nitrogen and oxygen atoms in total. The van der Waals surface area contributed by atoms with Gasteiger partial charge in [0.15, 0.2) is 0 Å². The van der Waals surface area contributed by atoms with Gasteiger partial charge >= 0.3 is 5.97 Å². The highest BCUT2D eigenvalue weighted by molar-refractivity contribution is 5.77. The van der Waals surface area contributed by atoms with Gasteiger partial charge in [-0.25, -0.2) is 9.48 Å². The normalized spacial score (nSPS) is 10.5. The van der Waals surface area contributed by atoms with Gasteiger partial charge in [0, 0.05) is 0 Å². The lowest BCUT2D eigenvalue weighted by atomic mass is 10.3. The minimum absolute atomic E-state index is 0.00649. The number of hydrogen-bond donors (Lipinski definition) is 0. The number of fused-ring (bicyclic) bond motifs is 1. The Labute approximate surface area is 120 Å². The molecule has 6 heteroatoms. The largest absolute Gasteiger partial charge is 0.497 e. The quantitative estimate of drug-likeness (QED) is 0.541. The number of rotatable bonds is 4. The fraction of sp³-hybridized carbons (Fsp3) is 0.133. The molecule has 0 saturated heterocycles. The number of nitrogens with zero attached hydrogens (tertiary/aromatic N) is 3. The Morgan fingerprint density at radius 1 is 1.10 bits per heavy atom. The van der Waals surface area contributed by atoms with Crippen LogP contribution in [0.4, 0.5) is 0 Å². The van der Waals surface area contributed by atoms with Crippen LogP contribution in [-0.2, 0) is 11.3 Å². The van der Waals surface area contributed by atoms with E-state index in [1.807, 2.05) is 24.3 Å². The number of aromatic nitrogens is 3. The molecule has 1 heterocycles. The first-order valence-electron chi connectivity index (χ1n) is 6.39. The van der Waals surface area contributed by atoms with Crippen molar-refractivity contribution in [3.63, 3.8) is 0 Å². The number of carbonyl (C=O) groups is 1. The standard InChI is InChI=1S/C15H13N3O3/c1-20-11-6-8-12(9-7-11)21-15(19)10-18-14-5-3-2-4-13(14)16-17-18/h2-9H,10H2,1H3. The van der Waals surface area contributed by atoms with Crippen molar-refractivity contribution in [3.05, 3.63) is 48.5 Å². The number of para-hydroxylation sites is 1. The Bertz CT molecular complexity index is 765. The summed E-state index contributed by atoms with van der Waals surface area (Å²) < 4.78 is 11.8. The first-order valence-corrected chi connectivity index (χ1v) is 6.39. The third kappa shape index (κ3) is 2.84. The minimum Gasteiger partial charge on any atom is -0.497 e. The number of carbonyl (C=O) groups excluding carboxylic acids is 1. The summed E-state index contributed by atoms with van der Waals surface area (Å²) in [5.41, 5.74) is 1.54. The molecule has 0 spiro atoms. The van der Waals surface area contributed by atoms with Gasteiger partial charge in [0.1, 0.15) is 23.6 Å². The number of ether oxygens (including phenoxy) is 2. The van der Waals surface area contributed by atoms with Crippen LogP contribution in [0.1, 0.15) is 0 Å². The van der Waals surface area contributed by atoms with E-state index < -0.39 is 5.97 Å². The second-order valence-corrected chi connectivity index (χ2v) is 4.39. The number of esters is 1. The van der Waals surface area contributed by atoms with E-state index >= 15 is 0 Å². The van der Waals surface area contributed by atoms with Gasteiger partial charge in [0.05, 0.1) is 12.6 Å². The third-order valence-electron chi connectivity index (χ3n) is 2.99. The average Bonchev–Trinajstić information content (AvgIpc) is 2.91. The lowest BCUT2D eigenvalue weighted by molar-refractivity contribution is -0.135. The molecule has 0 atom stereocenters. The highest BCUT2D eigenvalue weighted by Crippen LogP contribution is 2.17. The topological polar surface area (TPSA) is 66.2 Å². The molecule has 0 bridgehead atoms. The molecule has 1 aromatic heterocycles. The summed E-state index contributed by atoms with van der Waals surface area (Å²) in [6, 6.07) is 14.3. The molecule has 0 fully saturated rings. The maximum Gasteiger partial charge on any atom is 0.333 e. The van der Waals surface area contributed by atoms with Gasteiger partial charge in [-0.05, 0) is 36.4 Å². The van der Waals surface area contributed by atoms with E-state index in [9.17, 15) is 4.79 Å². The Morgan fingerprint density at radius 2 is 1.81 bits per heavy atom. The molecule has 0 saturated carbocycles. The van der Waals surface area contributed by atoms with E-state index in [1.165, 1.54) is 4.68 Å². The maximum atomic E-state index is 11.9. The van der Waals surface area contributed by atoms with E-state index in [1.54, 1.807) is 31.4 Å². The van der Waals surface area contributed by atoms with Crippen LogP contribution < -0.4 is 9.47 Å². The van der Waals surface area contributed by atoms with Crippen LogP contribution >= 0.6 is 0 Å². The second-order valence-electron chi connectivity index (χ2n) is 4.39. The van der Waals surface area contributed by atoms with Crippen molar-refractivity contribution >= 4 is 17.0 Å². The summed E-state index contributed by atoms with van der Waals surface area (Å²) in [5, 5.41) is 7.94. The van der Waals surface area contributed by atoms with E-state index in [0.717, 1.165) is 11.0 Å². The van der Waals surface area contributed by atoms with Crippen molar-refractivity contribution in [2.45, 2.75) is 6.54 Å². The zero-order valence-corrected chi connectivity index (χ0v) is 11.4. The molecule has 0 unspecified atom stereocenters. The maximum absolute atomic E-state index is 11.9. The van der Waals surface area contributed by atoms with Gasteiger partial charge in [-0.15, -0.1) is 5.10 Å². The fourth-order valence-electron chi connectivity index (χ4n) is 1.96. The molecule has 0 aliphatic heterocycles. The summed E-state index contributed by atoms with van der Waals surface area (Å²) in [4.78, 5) is 11.9. The molecule has 106 valence electrons. The number of methoxy groups -OCH3 is 1. The van der Waals surface area contributed by atoms with E-state index in [4.69, 9.17) is 9.47 Å². The SMILES string of the molecule is COc1ccc(OC(=O)Cn2nnc3ccccc32)cc1. The molecule has 0 aliphatic rings. The molecule has 0 amide bonds. The summed E-state index contributed by atoms with van der Waals surface area (Å²) in [6.45, 7) is 0.00649. The Morgan fingerprint density at radius 3 is 2.57 bits per heavy atom. The lowest BCUT2D eigenvalue weighted by Crippen LogP contribution is -2.17. The molecule has 0 N–H and O–H groups in total. The van der Waals surface area contributed by atoms with Crippen LogP contribution in [0.5, 0.6) is 11.5 Å². The number of benzene rings is 2. The van der Waals surface area contributed by atoms with Gasteiger partial charge in [0.2, 0.25) is 0 Å². The summed E-state index contributed by atoms with van der Waals surface area (Å²) in [5.74, 6) is 0.762. The van der Waals surface area contributed by atoms with Crippen LogP contribution in [0, 0.1) is 0 Å². The predicted octanol–water partition coefficient (Wildman–Crippen LogP) is 2.05. The average molecular weight is 283 g/mol. The molecule has 3 aromatic rings. The highest BCUT2D eigenvalue weighted by atomic mass is 16.5. The number of hydrogen-bond acceptors (Lipinski definition) is 5. The first kappa shape index (κ1) is 13.1. The first-order chi connectivity index (χ1) is 10.3. The summed E-state index contributed by atoms with van der Waals surface area (Å²) in [6.07, 6.45) is 0. The van der Waals surface area contributed by atoms with Crippen LogP contribution in [0.15, 0.2) is 48.5 Å². The van der Waals surface area contributed by atoms with Gasteiger partial charge < -0.3 is 9.47 Å². The molecule has 0 aliphatic carbocycles. The molecular weight excluding hydrogens is 270 g/mol. The third-order valence-corrected chi connectivity index (χ3v) is 2.99. The molecule has 0 radical (unpaired) electrons. The predicted molar refractivity (Wildman–Crippen MR) is 76.2 cm³/mol. The second kappa shape index (κ2) is 5.62. The van der Waals surface area contributed by atoms with Crippen LogP contribution in [-0.4, -0.2) is 28.1 Å². The lowest BCUT2D eigenvalue weighted by Gasteiger charge is -2.05. The van der Waals surface area contributed by atoms with Crippen LogP contribution in [0.3, 0.4) is 0 Å². The fourth-order valence-corrected chi connectivity index (χ4v) is 1.96.